The Kier molecular flexibility index (Phi) is 9.15. The minimum atomic E-state index is -2.89. The van der Waals surface area contributed by atoms with Gasteiger partial charge < -0.3 is 15.5 Å². The molecule has 25 heavy (non-hydrogen) atoms. The second kappa shape index (κ2) is 10.3. The summed E-state index contributed by atoms with van der Waals surface area (Å²) >= 11 is 0. The van der Waals surface area contributed by atoms with Crippen molar-refractivity contribution in [1.29, 1.82) is 0 Å². The fourth-order valence-corrected chi connectivity index (χ4v) is 4.42. The Morgan fingerprint density at radius 2 is 2.08 bits per heavy atom. The molecular formula is C17H29IN4O2S. The molecule has 2 rings (SSSR count). The van der Waals surface area contributed by atoms with Crippen LogP contribution < -0.4 is 10.6 Å². The van der Waals surface area contributed by atoms with Crippen molar-refractivity contribution in [2.75, 3.05) is 32.1 Å². The van der Waals surface area contributed by atoms with E-state index in [2.05, 4.69) is 58.8 Å². The molecule has 0 spiro atoms. The Labute approximate surface area is 168 Å². The first kappa shape index (κ1) is 22.2. The molecule has 1 fully saturated rings. The molecule has 6 nitrogen and oxygen atoms in total. The quantitative estimate of drug-likeness (QED) is 0.368. The van der Waals surface area contributed by atoms with Crippen LogP contribution in [0.3, 0.4) is 0 Å². The highest BCUT2D eigenvalue weighted by molar-refractivity contribution is 14.0. The number of guanidine groups is 1. The van der Waals surface area contributed by atoms with Crippen LogP contribution in [-0.2, 0) is 22.9 Å². The summed E-state index contributed by atoms with van der Waals surface area (Å²) in [5.41, 5.74) is 2.46. The Morgan fingerprint density at radius 3 is 2.68 bits per heavy atom. The van der Waals surface area contributed by atoms with E-state index in [1.165, 1.54) is 11.1 Å². The molecule has 142 valence electrons. The van der Waals surface area contributed by atoms with Gasteiger partial charge in [0.25, 0.3) is 0 Å². The summed E-state index contributed by atoms with van der Waals surface area (Å²) in [5.74, 6) is 1.09. The van der Waals surface area contributed by atoms with Gasteiger partial charge in [-0.15, -0.1) is 24.0 Å². The van der Waals surface area contributed by atoms with Crippen LogP contribution >= 0.6 is 24.0 Å². The first-order valence-electron chi connectivity index (χ1n) is 8.36. The number of halogens is 1. The van der Waals surface area contributed by atoms with E-state index in [0.717, 1.165) is 13.1 Å². The molecule has 8 heteroatoms. The van der Waals surface area contributed by atoms with E-state index in [0.29, 0.717) is 18.9 Å². The number of hydrogen-bond acceptors (Lipinski definition) is 4. The van der Waals surface area contributed by atoms with Gasteiger partial charge in [0.05, 0.1) is 11.5 Å². The maximum absolute atomic E-state index is 11.5. The Morgan fingerprint density at radius 1 is 1.36 bits per heavy atom. The lowest BCUT2D eigenvalue weighted by Gasteiger charge is -2.17. The molecule has 1 aromatic rings. The zero-order chi connectivity index (χ0) is 17.6. The molecule has 1 aromatic carbocycles. The highest BCUT2D eigenvalue weighted by atomic mass is 127. The van der Waals surface area contributed by atoms with E-state index in [-0.39, 0.29) is 41.5 Å². The van der Waals surface area contributed by atoms with Crippen molar-refractivity contribution >= 4 is 39.8 Å². The predicted molar refractivity (Wildman–Crippen MR) is 114 cm³/mol. The summed E-state index contributed by atoms with van der Waals surface area (Å²) < 4.78 is 23.1. The number of nitrogens with one attached hydrogen (secondary N) is 2. The Hall–Kier alpha value is -0.870. The number of sulfone groups is 1. The van der Waals surface area contributed by atoms with Crippen molar-refractivity contribution in [3.05, 3.63) is 35.4 Å². The fraction of sp³-hybridized carbons (Fsp3) is 0.588. The monoisotopic (exact) mass is 480 g/mol. The lowest BCUT2D eigenvalue weighted by Crippen LogP contribution is -2.43. The summed E-state index contributed by atoms with van der Waals surface area (Å²) in [6, 6.07) is 8.41. The highest BCUT2D eigenvalue weighted by Crippen LogP contribution is 2.11. The standard InChI is InChI=1S/C17H28N4O2S.HI/c1-4-21(3)12-15-7-5-6-14(10-15)11-19-17(18-2)20-16-8-9-24(22,23)13-16;/h5-7,10,16H,4,8-9,11-13H2,1-3H3,(H2,18,19,20);1H. The normalized spacial score (nSPS) is 19.5. The van der Waals surface area contributed by atoms with Crippen LogP contribution in [0.1, 0.15) is 24.5 Å². The van der Waals surface area contributed by atoms with Gasteiger partial charge in [-0.1, -0.05) is 31.2 Å². The van der Waals surface area contributed by atoms with Gasteiger partial charge in [0.1, 0.15) is 0 Å². The van der Waals surface area contributed by atoms with E-state index in [4.69, 9.17) is 0 Å². The van der Waals surface area contributed by atoms with Crippen molar-refractivity contribution in [1.82, 2.24) is 15.5 Å². The second-order valence-electron chi connectivity index (χ2n) is 6.32. The van der Waals surface area contributed by atoms with Crippen molar-refractivity contribution in [3.63, 3.8) is 0 Å². The maximum atomic E-state index is 11.5. The van der Waals surface area contributed by atoms with Gasteiger partial charge >= 0.3 is 0 Å². The van der Waals surface area contributed by atoms with E-state index in [9.17, 15) is 8.42 Å². The largest absolute Gasteiger partial charge is 0.353 e. The molecule has 0 amide bonds. The third-order valence-corrected chi connectivity index (χ3v) is 6.01. The van der Waals surface area contributed by atoms with Gasteiger partial charge in [0, 0.05) is 26.2 Å². The van der Waals surface area contributed by atoms with Crippen molar-refractivity contribution < 1.29 is 8.42 Å². The minimum Gasteiger partial charge on any atom is -0.353 e. The topological polar surface area (TPSA) is 73.8 Å². The molecule has 1 atom stereocenters. The van der Waals surface area contributed by atoms with Crippen molar-refractivity contribution in [2.24, 2.45) is 4.99 Å². The van der Waals surface area contributed by atoms with Gasteiger partial charge in [-0.3, -0.25) is 4.99 Å². The van der Waals surface area contributed by atoms with Crippen LogP contribution in [0.4, 0.5) is 0 Å². The van der Waals surface area contributed by atoms with Crippen LogP contribution in [0.15, 0.2) is 29.3 Å². The first-order valence-corrected chi connectivity index (χ1v) is 10.2. The summed E-state index contributed by atoms with van der Waals surface area (Å²) in [4.78, 5) is 6.45. The third-order valence-electron chi connectivity index (χ3n) is 4.24. The molecule has 0 aromatic heterocycles. The number of benzene rings is 1. The third kappa shape index (κ3) is 7.49. The van der Waals surface area contributed by atoms with Crippen LogP contribution in [0, 0.1) is 0 Å². The first-order chi connectivity index (χ1) is 11.4. The molecule has 1 aliphatic rings. The van der Waals surface area contributed by atoms with Gasteiger partial charge in [-0.25, -0.2) is 8.42 Å². The Bertz CT molecular complexity index is 679. The minimum absolute atomic E-state index is 0. The molecule has 1 heterocycles. The highest BCUT2D eigenvalue weighted by Gasteiger charge is 2.28. The van der Waals surface area contributed by atoms with Gasteiger partial charge in [-0.2, -0.15) is 0 Å². The zero-order valence-corrected chi connectivity index (χ0v) is 18.3. The van der Waals surface area contributed by atoms with Crippen LogP contribution in [0.5, 0.6) is 0 Å². The number of rotatable bonds is 6. The number of aliphatic imine (C=N–C) groups is 1. The molecule has 0 aliphatic carbocycles. The molecule has 1 saturated heterocycles. The van der Waals surface area contributed by atoms with Gasteiger partial charge in [0.15, 0.2) is 15.8 Å². The predicted octanol–water partition coefficient (Wildman–Crippen LogP) is 1.61. The SMILES string of the molecule is CCN(C)Cc1cccc(CNC(=NC)NC2CCS(=O)(=O)C2)c1.I. The van der Waals surface area contributed by atoms with E-state index < -0.39 is 9.84 Å². The number of hydrogen-bond donors (Lipinski definition) is 2. The molecule has 0 radical (unpaired) electrons. The van der Waals surface area contributed by atoms with Crippen LogP contribution in [0.25, 0.3) is 0 Å². The summed E-state index contributed by atoms with van der Waals surface area (Å²) in [5, 5.41) is 6.46. The smallest absolute Gasteiger partial charge is 0.191 e. The molecule has 1 unspecified atom stereocenters. The van der Waals surface area contributed by atoms with Gasteiger partial charge in [0.2, 0.25) is 0 Å². The van der Waals surface area contributed by atoms with Crippen molar-refractivity contribution in [2.45, 2.75) is 32.5 Å². The molecule has 0 bridgehead atoms. The van der Waals surface area contributed by atoms with E-state index in [1.54, 1.807) is 7.05 Å². The summed E-state index contributed by atoms with van der Waals surface area (Å²) in [6.45, 7) is 4.74. The fourth-order valence-electron chi connectivity index (χ4n) is 2.74. The summed E-state index contributed by atoms with van der Waals surface area (Å²) in [6.07, 6.45) is 0.641. The summed E-state index contributed by atoms with van der Waals surface area (Å²) in [7, 11) is 0.917. The zero-order valence-electron chi connectivity index (χ0n) is 15.2. The van der Waals surface area contributed by atoms with Gasteiger partial charge in [-0.05, 0) is 31.1 Å². The van der Waals surface area contributed by atoms with Crippen LogP contribution in [0.2, 0.25) is 0 Å². The van der Waals surface area contributed by atoms with E-state index >= 15 is 0 Å². The molecule has 0 saturated carbocycles. The van der Waals surface area contributed by atoms with Crippen LogP contribution in [-0.4, -0.2) is 57.5 Å². The average Bonchev–Trinajstić information content (AvgIpc) is 2.90. The molecular weight excluding hydrogens is 451 g/mol. The lowest BCUT2D eigenvalue weighted by atomic mass is 10.1. The second-order valence-corrected chi connectivity index (χ2v) is 8.55. The molecule has 2 N–H and O–H groups in total. The van der Waals surface area contributed by atoms with Crippen molar-refractivity contribution in [3.8, 4) is 0 Å². The lowest BCUT2D eigenvalue weighted by molar-refractivity contribution is 0.345. The maximum Gasteiger partial charge on any atom is 0.191 e. The average molecular weight is 480 g/mol. The van der Waals surface area contributed by atoms with E-state index in [1.807, 2.05) is 0 Å². The number of nitrogens with zero attached hydrogens (tertiary/aromatic N) is 2. The Balaban J connectivity index is 0.00000312. The molecule has 1 aliphatic heterocycles.